The first kappa shape index (κ1) is 17.2. The van der Waals surface area contributed by atoms with Crippen molar-refractivity contribution < 1.29 is 4.74 Å². The number of hydrogen-bond acceptors (Lipinski definition) is 4. The number of aryl methyl sites for hydroxylation is 2. The van der Waals surface area contributed by atoms with Crippen LogP contribution in [-0.2, 0) is 17.8 Å². The van der Waals surface area contributed by atoms with Crippen LogP contribution in [0.3, 0.4) is 0 Å². The van der Waals surface area contributed by atoms with Gasteiger partial charge in [-0.05, 0) is 26.1 Å². The third-order valence-electron chi connectivity index (χ3n) is 4.01. The van der Waals surface area contributed by atoms with Gasteiger partial charge in [0.2, 0.25) is 0 Å². The lowest BCUT2D eigenvalue weighted by Gasteiger charge is -2.36. The Bertz CT molecular complexity index is 482. The van der Waals surface area contributed by atoms with Gasteiger partial charge in [0.1, 0.15) is 0 Å². The van der Waals surface area contributed by atoms with Crippen LogP contribution in [0.2, 0.25) is 0 Å². The Kier molecular flexibility index (Phi) is 6.60. The quantitative estimate of drug-likeness (QED) is 0.618. The molecule has 1 aromatic rings. The topological polar surface area (TPSA) is 45.6 Å². The highest BCUT2D eigenvalue weighted by Gasteiger charge is 2.19. The lowest BCUT2D eigenvalue weighted by Crippen LogP contribution is -2.51. The van der Waals surface area contributed by atoms with Crippen LogP contribution in [0, 0.1) is 6.92 Å². The van der Waals surface area contributed by atoms with Gasteiger partial charge in [-0.3, -0.25) is 9.58 Å². The van der Waals surface area contributed by atoms with Crippen LogP contribution in [0.1, 0.15) is 18.2 Å². The van der Waals surface area contributed by atoms with Gasteiger partial charge < -0.3 is 15.0 Å². The van der Waals surface area contributed by atoms with Crippen LogP contribution in [0.25, 0.3) is 0 Å². The number of nitrogens with zero attached hydrogens (tertiary/aromatic N) is 4. The van der Waals surface area contributed by atoms with Gasteiger partial charge in [-0.25, -0.2) is 0 Å². The summed E-state index contributed by atoms with van der Waals surface area (Å²) in [6.07, 6.45) is 2.17. The first-order chi connectivity index (χ1) is 10.6. The zero-order valence-electron chi connectivity index (χ0n) is 13.8. The molecular formula is C15H27N5OS. The first-order valence-corrected chi connectivity index (χ1v) is 8.31. The van der Waals surface area contributed by atoms with Gasteiger partial charge in [0.05, 0.1) is 12.3 Å². The Labute approximate surface area is 138 Å². The summed E-state index contributed by atoms with van der Waals surface area (Å²) >= 11 is 5.42. The highest BCUT2D eigenvalue weighted by molar-refractivity contribution is 7.80. The highest BCUT2D eigenvalue weighted by atomic mass is 32.1. The summed E-state index contributed by atoms with van der Waals surface area (Å²) in [5.41, 5.74) is 2.47. The Morgan fingerprint density at radius 2 is 2.09 bits per heavy atom. The molecule has 1 aliphatic heterocycles. The summed E-state index contributed by atoms with van der Waals surface area (Å²) in [5, 5.41) is 8.59. The largest absolute Gasteiger partial charge is 0.383 e. The fraction of sp³-hybridized carbons (Fsp3) is 0.733. The van der Waals surface area contributed by atoms with E-state index >= 15 is 0 Å². The number of thiocarbonyl (C=S) groups is 1. The second kappa shape index (κ2) is 8.45. The minimum Gasteiger partial charge on any atom is -0.383 e. The predicted molar refractivity (Wildman–Crippen MR) is 92.0 cm³/mol. The van der Waals surface area contributed by atoms with Crippen LogP contribution in [-0.4, -0.2) is 71.1 Å². The monoisotopic (exact) mass is 325 g/mol. The third-order valence-corrected chi connectivity index (χ3v) is 4.41. The Morgan fingerprint density at radius 3 is 2.68 bits per heavy atom. The normalized spacial score (nSPS) is 16.0. The molecule has 1 fully saturated rings. The summed E-state index contributed by atoms with van der Waals surface area (Å²) in [5.74, 6) is 0. The molecule has 0 saturated carbocycles. The molecular weight excluding hydrogens is 298 g/mol. The SMILES string of the molecule is CCn1cc(CN2CCN(C(=S)NCCOC)CC2)c(C)n1. The highest BCUT2D eigenvalue weighted by Crippen LogP contribution is 2.12. The van der Waals surface area contributed by atoms with E-state index in [0.29, 0.717) is 6.61 Å². The molecule has 0 spiro atoms. The van der Waals surface area contributed by atoms with E-state index in [0.717, 1.165) is 56.6 Å². The van der Waals surface area contributed by atoms with Crippen molar-refractivity contribution in [3.63, 3.8) is 0 Å². The van der Waals surface area contributed by atoms with Crippen molar-refractivity contribution in [2.45, 2.75) is 26.9 Å². The van der Waals surface area contributed by atoms with Crippen LogP contribution in [0.15, 0.2) is 6.20 Å². The predicted octanol–water partition coefficient (Wildman–Crippen LogP) is 0.850. The number of methoxy groups -OCH3 is 1. The third kappa shape index (κ3) is 4.66. The molecule has 0 radical (unpaired) electrons. The molecule has 0 unspecified atom stereocenters. The molecule has 6 nitrogen and oxygen atoms in total. The fourth-order valence-corrected chi connectivity index (χ4v) is 2.88. The van der Waals surface area contributed by atoms with Gasteiger partial charge in [-0.15, -0.1) is 0 Å². The molecule has 22 heavy (non-hydrogen) atoms. The molecule has 124 valence electrons. The summed E-state index contributed by atoms with van der Waals surface area (Å²) in [7, 11) is 1.70. The molecule has 0 aliphatic carbocycles. The molecule has 1 aliphatic rings. The van der Waals surface area contributed by atoms with E-state index in [2.05, 4.69) is 40.3 Å². The molecule has 0 atom stereocenters. The standard InChI is InChI=1S/C15H27N5OS/c1-4-20-12-14(13(2)17-20)11-18-6-8-19(9-7-18)15(22)16-5-10-21-3/h12H,4-11H2,1-3H3,(H,16,22). The lowest BCUT2D eigenvalue weighted by molar-refractivity contribution is 0.172. The molecule has 1 N–H and O–H groups in total. The maximum absolute atomic E-state index is 5.42. The van der Waals surface area contributed by atoms with E-state index in [-0.39, 0.29) is 0 Å². The molecule has 1 aromatic heterocycles. The molecule has 1 saturated heterocycles. The summed E-state index contributed by atoms with van der Waals surface area (Å²) in [4.78, 5) is 4.71. The average Bonchev–Trinajstić information content (AvgIpc) is 2.88. The van der Waals surface area contributed by atoms with Crippen molar-refractivity contribution in [1.82, 2.24) is 24.9 Å². The van der Waals surface area contributed by atoms with Crippen molar-refractivity contribution in [2.24, 2.45) is 0 Å². The minimum atomic E-state index is 0.681. The van der Waals surface area contributed by atoms with Gasteiger partial charge in [-0.2, -0.15) is 5.10 Å². The molecule has 2 rings (SSSR count). The van der Waals surface area contributed by atoms with E-state index in [1.165, 1.54) is 5.56 Å². The minimum absolute atomic E-state index is 0.681. The van der Waals surface area contributed by atoms with Gasteiger partial charge in [0, 0.05) is 64.7 Å². The summed E-state index contributed by atoms with van der Waals surface area (Å²) in [6, 6.07) is 0. The molecule has 7 heteroatoms. The van der Waals surface area contributed by atoms with Crippen molar-refractivity contribution in [3.05, 3.63) is 17.5 Å². The van der Waals surface area contributed by atoms with E-state index in [1.807, 2.05) is 4.68 Å². The smallest absolute Gasteiger partial charge is 0.169 e. The van der Waals surface area contributed by atoms with Crippen molar-refractivity contribution in [1.29, 1.82) is 0 Å². The fourth-order valence-electron chi connectivity index (χ4n) is 2.60. The van der Waals surface area contributed by atoms with Crippen molar-refractivity contribution in [2.75, 3.05) is 46.4 Å². The second-order valence-electron chi connectivity index (χ2n) is 5.58. The Morgan fingerprint density at radius 1 is 1.36 bits per heavy atom. The number of rotatable bonds is 6. The van der Waals surface area contributed by atoms with Crippen LogP contribution in [0.4, 0.5) is 0 Å². The number of hydrogen-bond donors (Lipinski definition) is 1. The Hall–Kier alpha value is -1.18. The van der Waals surface area contributed by atoms with E-state index in [4.69, 9.17) is 17.0 Å². The number of ether oxygens (including phenoxy) is 1. The van der Waals surface area contributed by atoms with Crippen LogP contribution < -0.4 is 5.32 Å². The Balaban J connectivity index is 1.77. The number of aromatic nitrogens is 2. The molecule has 0 aromatic carbocycles. The maximum Gasteiger partial charge on any atom is 0.169 e. The van der Waals surface area contributed by atoms with E-state index in [1.54, 1.807) is 7.11 Å². The van der Waals surface area contributed by atoms with Gasteiger partial charge in [0.15, 0.2) is 5.11 Å². The van der Waals surface area contributed by atoms with Crippen molar-refractivity contribution >= 4 is 17.3 Å². The van der Waals surface area contributed by atoms with E-state index in [9.17, 15) is 0 Å². The number of piperazine rings is 1. The summed E-state index contributed by atoms with van der Waals surface area (Å²) in [6.45, 7) is 11.6. The van der Waals surface area contributed by atoms with E-state index < -0.39 is 0 Å². The average molecular weight is 325 g/mol. The molecule has 0 amide bonds. The maximum atomic E-state index is 5.42. The van der Waals surface area contributed by atoms with Crippen LogP contribution >= 0.6 is 12.2 Å². The lowest BCUT2D eigenvalue weighted by atomic mass is 10.2. The van der Waals surface area contributed by atoms with Gasteiger partial charge in [0.25, 0.3) is 0 Å². The molecule has 2 heterocycles. The zero-order valence-corrected chi connectivity index (χ0v) is 14.7. The van der Waals surface area contributed by atoms with Crippen LogP contribution in [0.5, 0.6) is 0 Å². The molecule has 0 bridgehead atoms. The van der Waals surface area contributed by atoms with Gasteiger partial charge >= 0.3 is 0 Å². The first-order valence-electron chi connectivity index (χ1n) is 7.91. The number of nitrogens with one attached hydrogen (secondary N) is 1. The zero-order chi connectivity index (χ0) is 15.9. The summed E-state index contributed by atoms with van der Waals surface area (Å²) < 4.78 is 7.04. The van der Waals surface area contributed by atoms with Gasteiger partial charge in [-0.1, -0.05) is 0 Å². The second-order valence-corrected chi connectivity index (χ2v) is 5.97. The van der Waals surface area contributed by atoms with Crippen molar-refractivity contribution in [3.8, 4) is 0 Å².